The van der Waals surface area contributed by atoms with Crippen LogP contribution < -0.4 is 0 Å². The van der Waals surface area contributed by atoms with E-state index in [-0.39, 0.29) is 6.61 Å². The van der Waals surface area contributed by atoms with E-state index in [1.807, 2.05) is 25.7 Å². The topological polar surface area (TPSA) is 35.5 Å². The zero-order valence-corrected chi connectivity index (χ0v) is 14.7. The molecule has 0 N–H and O–H groups in total. The third kappa shape index (κ3) is 4.68. The zero-order valence-electron chi connectivity index (χ0n) is 12.2. The fraction of sp³-hybridized carbons (Fsp3) is 0.500. The Kier molecular flexibility index (Phi) is 5.91. The fourth-order valence-electron chi connectivity index (χ4n) is 1.67. The maximum absolute atomic E-state index is 14.9. The molecule has 0 aromatic heterocycles. The van der Waals surface area contributed by atoms with Gasteiger partial charge in [-0.05, 0) is 48.1 Å². The molecule has 0 fully saturated rings. The van der Waals surface area contributed by atoms with E-state index in [9.17, 15) is 9.18 Å². The van der Waals surface area contributed by atoms with Gasteiger partial charge in [-0.3, -0.25) is 0 Å². The number of hydrogen-bond donors (Lipinski definition) is 0. The summed E-state index contributed by atoms with van der Waals surface area (Å²) < 4.78 is 23.2. The largest absolute Gasteiger partial charge is 0.463 e. The van der Waals surface area contributed by atoms with E-state index >= 15 is 0 Å². The zero-order chi connectivity index (χ0) is 15.4. The Hall–Kier alpha value is -0.723. The molecule has 0 aliphatic heterocycles. The van der Waals surface area contributed by atoms with E-state index in [1.54, 1.807) is 31.2 Å². The first-order chi connectivity index (χ1) is 9.18. The molecule has 20 heavy (non-hydrogen) atoms. The van der Waals surface area contributed by atoms with Gasteiger partial charge in [0.05, 0.1) is 6.61 Å². The molecule has 0 saturated heterocycles. The number of hydrogen-bond acceptors (Lipinski definition) is 3. The van der Waals surface area contributed by atoms with Crippen molar-refractivity contribution >= 4 is 30.2 Å². The summed E-state index contributed by atoms with van der Waals surface area (Å²) in [5.74, 6) is -0.966. The monoisotopic (exact) mass is 362 g/mol. The van der Waals surface area contributed by atoms with Crippen LogP contribution in [0.5, 0.6) is 0 Å². The second-order valence-corrected chi connectivity index (χ2v) is 11.0. The third-order valence-corrected chi connectivity index (χ3v) is 4.13. The normalized spacial score (nSPS) is 16.3. The van der Waals surface area contributed by atoms with Gasteiger partial charge in [0.1, 0.15) is 6.10 Å². The molecule has 0 radical (unpaired) electrons. The van der Waals surface area contributed by atoms with Crippen LogP contribution >= 0.6 is 15.9 Å². The summed E-state index contributed by atoms with van der Waals surface area (Å²) in [5, 5.41) is 0. The van der Waals surface area contributed by atoms with E-state index < -0.39 is 25.0 Å². The molecule has 0 aliphatic carbocycles. The molecular formula is C14H20BrFO3Si. The molecule has 0 spiro atoms. The van der Waals surface area contributed by atoms with Crippen LogP contribution in [0.2, 0.25) is 19.6 Å². The smallest absolute Gasteiger partial charge is 0.358 e. The summed E-state index contributed by atoms with van der Waals surface area (Å²) >= 11 is 2.86. The van der Waals surface area contributed by atoms with E-state index in [0.717, 1.165) is 0 Å². The van der Waals surface area contributed by atoms with Crippen LogP contribution in [0.15, 0.2) is 30.3 Å². The summed E-state index contributed by atoms with van der Waals surface area (Å²) in [6.45, 7) is 7.58. The van der Waals surface area contributed by atoms with Crippen molar-refractivity contribution < 1.29 is 18.3 Å². The SMILES string of the molecule is CCOC(=O)[C@@](F)(Br)[C@H](O[Si](C)(C)C)c1ccccc1. The van der Waals surface area contributed by atoms with Gasteiger partial charge in [-0.2, -0.15) is 0 Å². The summed E-state index contributed by atoms with van der Waals surface area (Å²) in [6, 6.07) is 8.86. The molecular weight excluding hydrogens is 343 g/mol. The van der Waals surface area contributed by atoms with Gasteiger partial charge in [0.2, 0.25) is 0 Å². The highest BCUT2D eigenvalue weighted by molar-refractivity contribution is 9.10. The first-order valence-corrected chi connectivity index (χ1v) is 10.7. The molecule has 0 bridgehead atoms. The highest BCUT2D eigenvalue weighted by Gasteiger charge is 2.48. The van der Waals surface area contributed by atoms with E-state index in [0.29, 0.717) is 5.56 Å². The predicted octanol–water partition coefficient (Wildman–Crippen LogP) is 4.20. The van der Waals surface area contributed by atoms with Gasteiger partial charge < -0.3 is 9.16 Å². The Balaban J connectivity index is 3.14. The van der Waals surface area contributed by atoms with Crippen LogP contribution in [-0.4, -0.2) is 25.5 Å². The molecule has 0 aliphatic rings. The van der Waals surface area contributed by atoms with Gasteiger partial charge in [0, 0.05) is 0 Å². The number of carbonyl (C=O) groups is 1. The molecule has 1 aromatic carbocycles. The Morgan fingerprint density at radius 2 is 1.90 bits per heavy atom. The van der Waals surface area contributed by atoms with Crippen LogP contribution in [0.1, 0.15) is 18.6 Å². The Labute approximate surface area is 128 Å². The average Bonchev–Trinajstić information content (AvgIpc) is 2.36. The highest BCUT2D eigenvalue weighted by Crippen LogP contribution is 2.41. The first-order valence-electron chi connectivity index (χ1n) is 6.46. The third-order valence-electron chi connectivity index (χ3n) is 2.45. The molecule has 6 heteroatoms. The van der Waals surface area contributed by atoms with Crippen LogP contribution in [0.25, 0.3) is 0 Å². The highest BCUT2D eigenvalue weighted by atomic mass is 79.9. The van der Waals surface area contributed by atoms with Crippen LogP contribution in [0, 0.1) is 0 Å². The Bertz CT molecular complexity index is 445. The summed E-state index contributed by atoms with van der Waals surface area (Å²) in [5.41, 5.74) is 0.599. The number of halogens is 2. The minimum absolute atomic E-state index is 0.116. The first kappa shape index (κ1) is 17.3. The van der Waals surface area contributed by atoms with Gasteiger partial charge >= 0.3 is 5.97 Å². The lowest BCUT2D eigenvalue weighted by Crippen LogP contribution is -2.42. The molecule has 1 aromatic rings. The quantitative estimate of drug-likeness (QED) is 0.432. The maximum atomic E-state index is 14.9. The number of ether oxygens (including phenoxy) is 1. The lowest BCUT2D eigenvalue weighted by molar-refractivity contribution is -0.155. The lowest BCUT2D eigenvalue weighted by Gasteiger charge is -2.32. The summed E-state index contributed by atoms with van der Waals surface area (Å²) in [7, 11) is -2.06. The second kappa shape index (κ2) is 6.82. The van der Waals surface area contributed by atoms with E-state index in [4.69, 9.17) is 9.16 Å². The van der Waals surface area contributed by atoms with Gasteiger partial charge in [-0.15, -0.1) is 0 Å². The van der Waals surface area contributed by atoms with Crippen LogP contribution in [0.4, 0.5) is 4.39 Å². The van der Waals surface area contributed by atoms with Gasteiger partial charge in [-0.25, -0.2) is 9.18 Å². The molecule has 0 heterocycles. The molecule has 3 nitrogen and oxygen atoms in total. The van der Waals surface area contributed by atoms with Crippen LogP contribution in [-0.2, 0) is 14.0 Å². The van der Waals surface area contributed by atoms with Crippen molar-refractivity contribution in [3.8, 4) is 0 Å². The minimum atomic E-state index is -2.40. The van der Waals surface area contributed by atoms with Crippen molar-refractivity contribution in [2.45, 2.75) is 37.2 Å². The van der Waals surface area contributed by atoms with Crippen molar-refractivity contribution in [1.29, 1.82) is 0 Å². The van der Waals surface area contributed by atoms with Gasteiger partial charge in [0.15, 0.2) is 8.32 Å². The van der Waals surface area contributed by atoms with E-state index in [2.05, 4.69) is 15.9 Å². The van der Waals surface area contributed by atoms with Crippen molar-refractivity contribution in [3.05, 3.63) is 35.9 Å². The molecule has 0 saturated carbocycles. The molecule has 0 unspecified atom stereocenters. The molecule has 112 valence electrons. The number of esters is 1. The van der Waals surface area contributed by atoms with Crippen molar-refractivity contribution in [2.75, 3.05) is 6.61 Å². The van der Waals surface area contributed by atoms with Crippen LogP contribution in [0.3, 0.4) is 0 Å². The maximum Gasteiger partial charge on any atom is 0.358 e. The molecule has 1 rings (SSSR count). The van der Waals surface area contributed by atoms with Crippen molar-refractivity contribution in [2.24, 2.45) is 0 Å². The lowest BCUT2D eigenvalue weighted by atomic mass is 10.1. The Morgan fingerprint density at radius 1 is 1.35 bits per heavy atom. The second-order valence-electron chi connectivity index (χ2n) is 5.36. The van der Waals surface area contributed by atoms with Crippen molar-refractivity contribution in [3.63, 3.8) is 0 Å². The summed E-state index contributed by atoms with van der Waals surface area (Å²) in [4.78, 5) is 11.9. The average molecular weight is 363 g/mol. The van der Waals surface area contributed by atoms with Gasteiger partial charge in [0.25, 0.3) is 4.58 Å². The Morgan fingerprint density at radius 3 is 2.35 bits per heavy atom. The number of benzene rings is 1. The predicted molar refractivity (Wildman–Crippen MR) is 83.0 cm³/mol. The fourth-order valence-corrected chi connectivity index (χ4v) is 3.32. The molecule has 0 amide bonds. The van der Waals surface area contributed by atoms with E-state index in [1.165, 1.54) is 0 Å². The number of rotatable bonds is 6. The van der Waals surface area contributed by atoms with Crippen molar-refractivity contribution in [1.82, 2.24) is 0 Å². The van der Waals surface area contributed by atoms with Gasteiger partial charge in [-0.1, -0.05) is 30.3 Å². The standard InChI is InChI=1S/C14H20BrFO3Si/c1-5-18-13(17)14(15,16)12(19-20(2,3)4)11-9-7-6-8-10-11/h6-10,12H,5H2,1-4H3/t12-,14-/m1/s1. The molecule has 2 atom stereocenters. The minimum Gasteiger partial charge on any atom is -0.463 e. The number of carbonyl (C=O) groups excluding carboxylic acids is 1. The number of alkyl halides is 2. The summed E-state index contributed by atoms with van der Waals surface area (Å²) in [6.07, 6.45) is -1.03.